The van der Waals surface area contributed by atoms with Crippen molar-refractivity contribution in [3.05, 3.63) is 60.4 Å². The second kappa shape index (κ2) is 5.97. The number of fused-ring (bicyclic) bond motifs is 1. The number of ether oxygens (including phenoxy) is 2. The summed E-state index contributed by atoms with van der Waals surface area (Å²) < 4.78 is 12.6. The molecule has 0 atom stereocenters. The van der Waals surface area contributed by atoms with E-state index in [-0.39, 0.29) is 12.7 Å². The van der Waals surface area contributed by atoms with Gasteiger partial charge in [0.2, 0.25) is 6.79 Å². The minimum Gasteiger partial charge on any atom is -0.454 e. The number of hydrogen-bond donors (Lipinski definition) is 0. The maximum atomic E-state index is 12.7. The molecule has 0 bridgehead atoms. The van der Waals surface area contributed by atoms with Gasteiger partial charge in [-0.05, 0) is 30.3 Å². The highest BCUT2D eigenvalue weighted by molar-refractivity contribution is 5.95. The summed E-state index contributed by atoms with van der Waals surface area (Å²) in [7, 11) is 1.96. The fourth-order valence-electron chi connectivity index (χ4n) is 2.44. The maximum absolute atomic E-state index is 12.7. The Labute approximate surface area is 129 Å². The zero-order valence-corrected chi connectivity index (χ0v) is 12.5. The van der Waals surface area contributed by atoms with Crippen LogP contribution in [0.5, 0.6) is 11.5 Å². The minimum atomic E-state index is -0.0561. The van der Waals surface area contributed by atoms with Crippen molar-refractivity contribution in [1.82, 2.24) is 9.47 Å². The average molecular weight is 298 g/mol. The number of nitrogens with zero attached hydrogens (tertiary/aromatic N) is 2. The SMILES string of the molecule is C=CCN(Cc1cccn1C)C(=O)c1ccc2c(c1)OCO2. The van der Waals surface area contributed by atoms with Gasteiger partial charge < -0.3 is 18.9 Å². The molecule has 22 heavy (non-hydrogen) atoms. The van der Waals surface area contributed by atoms with E-state index in [1.165, 1.54) is 0 Å². The van der Waals surface area contributed by atoms with E-state index in [1.807, 2.05) is 29.9 Å². The molecule has 0 radical (unpaired) electrons. The van der Waals surface area contributed by atoms with Gasteiger partial charge in [0.15, 0.2) is 11.5 Å². The number of aryl methyl sites for hydroxylation is 1. The van der Waals surface area contributed by atoms with Crippen molar-refractivity contribution in [2.75, 3.05) is 13.3 Å². The van der Waals surface area contributed by atoms with Crippen molar-refractivity contribution in [2.45, 2.75) is 6.54 Å². The Hall–Kier alpha value is -2.69. The van der Waals surface area contributed by atoms with Crippen LogP contribution in [0.1, 0.15) is 16.1 Å². The van der Waals surface area contributed by atoms with E-state index < -0.39 is 0 Å². The number of rotatable bonds is 5. The number of hydrogen-bond acceptors (Lipinski definition) is 3. The normalized spacial score (nSPS) is 12.2. The summed E-state index contributed by atoms with van der Waals surface area (Å²) in [4.78, 5) is 14.5. The predicted octanol–water partition coefficient (Wildman–Crippen LogP) is 2.58. The van der Waals surface area contributed by atoms with E-state index in [0.29, 0.717) is 30.2 Å². The predicted molar refractivity (Wildman–Crippen MR) is 82.9 cm³/mol. The topological polar surface area (TPSA) is 43.7 Å². The molecule has 5 nitrogen and oxygen atoms in total. The molecule has 0 unspecified atom stereocenters. The molecule has 0 aliphatic carbocycles. The molecule has 2 aromatic rings. The molecule has 0 saturated heterocycles. The lowest BCUT2D eigenvalue weighted by Crippen LogP contribution is -2.31. The Morgan fingerprint density at radius 1 is 1.36 bits per heavy atom. The lowest BCUT2D eigenvalue weighted by atomic mass is 10.1. The zero-order valence-electron chi connectivity index (χ0n) is 12.5. The van der Waals surface area contributed by atoms with Gasteiger partial charge in [-0.2, -0.15) is 0 Å². The number of aromatic nitrogens is 1. The molecule has 0 saturated carbocycles. The maximum Gasteiger partial charge on any atom is 0.254 e. The van der Waals surface area contributed by atoms with Gasteiger partial charge >= 0.3 is 0 Å². The second-order valence-electron chi connectivity index (χ2n) is 5.15. The molecule has 2 heterocycles. The third-order valence-corrected chi connectivity index (χ3v) is 3.66. The third-order valence-electron chi connectivity index (χ3n) is 3.66. The Morgan fingerprint density at radius 3 is 2.91 bits per heavy atom. The summed E-state index contributed by atoms with van der Waals surface area (Å²) in [6, 6.07) is 9.22. The standard InChI is InChI=1S/C17H18N2O3/c1-3-8-19(11-14-5-4-9-18(14)2)17(20)13-6-7-15-16(10-13)22-12-21-15/h3-7,9-10H,1,8,11-12H2,2H3. The highest BCUT2D eigenvalue weighted by Crippen LogP contribution is 2.32. The molecule has 0 spiro atoms. The summed E-state index contributed by atoms with van der Waals surface area (Å²) in [5.74, 6) is 1.23. The first kappa shape index (κ1) is 14.3. The number of benzene rings is 1. The van der Waals surface area contributed by atoms with E-state index in [4.69, 9.17) is 9.47 Å². The van der Waals surface area contributed by atoms with Crippen molar-refractivity contribution in [2.24, 2.45) is 7.05 Å². The van der Waals surface area contributed by atoms with E-state index in [1.54, 1.807) is 29.2 Å². The van der Waals surface area contributed by atoms with Crippen molar-refractivity contribution in [3.8, 4) is 11.5 Å². The molecular weight excluding hydrogens is 280 g/mol. The van der Waals surface area contributed by atoms with Crippen LogP contribution in [0.4, 0.5) is 0 Å². The summed E-state index contributed by atoms with van der Waals surface area (Å²) >= 11 is 0. The highest BCUT2D eigenvalue weighted by atomic mass is 16.7. The van der Waals surface area contributed by atoms with Crippen LogP contribution in [-0.4, -0.2) is 28.7 Å². The first-order valence-electron chi connectivity index (χ1n) is 7.09. The number of amides is 1. The Balaban J connectivity index is 1.83. The number of carbonyl (C=O) groups excluding carboxylic acids is 1. The molecule has 3 rings (SSSR count). The Morgan fingerprint density at radius 2 is 2.18 bits per heavy atom. The van der Waals surface area contributed by atoms with Crippen LogP contribution in [0.3, 0.4) is 0 Å². The van der Waals surface area contributed by atoms with Crippen molar-refractivity contribution in [3.63, 3.8) is 0 Å². The highest BCUT2D eigenvalue weighted by Gasteiger charge is 2.20. The van der Waals surface area contributed by atoms with Crippen LogP contribution >= 0.6 is 0 Å². The molecule has 0 N–H and O–H groups in total. The number of carbonyl (C=O) groups is 1. The van der Waals surface area contributed by atoms with Gasteiger partial charge in [-0.1, -0.05) is 6.08 Å². The molecular formula is C17H18N2O3. The van der Waals surface area contributed by atoms with E-state index in [9.17, 15) is 4.79 Å². The smallest absolute Gasteiger partial charge is 0.254 e. The largest absolute Gasteiger partial charge is 0.454 e. The van der Waals surface area contributed by atoms with Crippen LogP contribution < -0.4 is 9.47 Å². The summed E-state index contributed by atoms with van der Waals surface area (Å²) in [5, 5.41) is 0. The van der Waals surface area contributed by atoms with Crippen LogP contribution in [0.15, 0.2) is 49.2 Å². The van der Waals surface area contributed by atoms with Crippen molar-refractivity contribution in [1.29, 1.82) is 0 Å². The zero-order chi connectivity index (χ0) is 15.5. The van der Waals surface area contributed by atoms with Crippen LogP contribution in [-0.2, 0) is 13.6 Å². The Kier molecular flexibility index (Phi) is 3.87. The van der Waals surface area contributed by atoms with Gasteiger partial charge in [0.05, 0.1) is 6.54 Å². The third kappa shape index (κ3) is 2.70. The quantitative estimate of drug-likeness (QED) is 0.797. The van der Waals surface area contributed by atoms with E-state index in [2.05, 4.69) is 6.58 Å². The molecule has 0 fully saturated rings. The van der Waals surface area contributed by atoms with Crippen LogP contribution in [0.25, 0.3) is 0 Å². The molecule has 1 aliphatic rings. The van der Waals surface area contributed by atoms with Gasteiger partial charge in [-0.15, -0.1) is 6.58 Å². The first-order chi connectivity index (χ1) is 10.7. The van der Waals surface area contributed by atoms with Gasteiger partial charge in [-0.3, -0.25) is 4.79 Å². The average Bonchev–Trinajstić information content (AvgIpc) is 3.14. The van der Waals surface area contributed by atoms with E-state index >= 15 is 0 Å². The van der Waals surface area contributed by atoms with E-state index in [0.717, 1.165) is 5.69 Å². The summed E-state index contributed by atoms with van der Waals surface area (Å²) in [5.41, 5.74) is 1.65. The molecule has 114 valence electrons. The van der Waals surface area contributed by atoms with Crippen LogP contribution in [0.2, 0.25) is 0 Å². The van der Waals surface area contributed by atoms with Gasteiger partial charge in [0, 0.05) is 31.0 Å². The molecule has 1 aromatic carbocycles. The lowest BCUT2D eigenvalue weighted by molar-refractivity contribution is 0.0759. The second-order valence-corrected chi connectivity index (χ2v) is 5.15. The van der Waals surface area contributed by atoms with Gasteiger partial charge in [-0.25, -0.2) is 0 Å². The fraction of sp³-hybridized carbons (Fsp3) is 0.235. The monoisotopic (exact) mass is 298 g/mol. The minimum absolute atomic E-state index is 0.0561. The summed E-state index contributed by atoms with van der Waals surface area (Å²) in [6.45, 7) is 4.96. The molecule has 1 aromatic heterocycles. The molecule has 1 amide bonds. The molecule has 5 heteroatoms. The first-order valence-corrected chi connectivity index (χ1v) is 7.09. The molecule has 1 aliphatic heterocycles. The fourth-order valence-corrected chi connectivity index (χ4v) is 2.44. The summed E-state index contributed by atoms with van der Waals surface area (Å²) in [6.07, 6.45) is 3.69. The lowest BCUT2D eigenvalue weighted by Gasteiger charge is -2.21. The van der Waals surface area contributed by atoms with Gasteiger partial charge in [0.25, 0.3) is 5.91 Å². The van der Waals surface area contributed by atoms with Gasteiger partial charge in [0.1, 0.15) is 0 Å². The van der Waals surface area contributed by atoms with Crippen molar-refractivity contribution < 1.29 is 14.3 Å². The van der Waals surface area contributed by atoms with Crippen LogP contribution in [0, 0.1) is 0 Å². The van der Waals surface area contributed by atoms with Crippen molar-refractivity contribution >= 4 is 5.91 Å². The Bertz CT molecular complexity index is 706.